The molecule has 2 atom stereocenters. The van der Waals surface area contributed by atoms with Crippen molar-refractivity contribution in [2.24, 2.45) is 11.3 Å². The zero-order valence-corrected chi connectivity index (χ0v) is 13.6. The van der Waals surface area contributed by atoms with Gasteiger partial charge in [-0.1, -0.05) is 6.07 Å². The lowest BCUT2D eigenvalue weighted by Crippen LogP contribution is -2.37. The van der Waals surface area contributed by atoms with Crippen LogP contribution < -0.4 is 0 Å². The first kappa shape index (κ1) is 15.9. The van der Waals surface area contributed by atoms with Gasteiger partial charge in [0.05, 0.1) is 32.2 Å². The minimum atomic E-state index is -3.14. The van der Waals surface area contributed by atoms with Gasteiger partial charge in [0.2, 0.25) is 10.0 Å². The van der Waals surface area contributed by atoms with Crippen LogP contribution in [0.5, 0.6) is 0 Å². The van der Waals surface area contributed by atoms with Crippen molar-refractivity contribution in [2.45, 2.75) is 13.5 Å². The second kappa shape index (κ2) is 6.23. The molecule has 7 heteroatoms. The van der Waals surface area contributed by atoms with Crippen molar-refractivity contribution in [3.05, 3.63) is 30.1 Å². The number of aromatic nitrogens is 1. The van der Waals surface area contributed by atoms with Crippen molar-refractivity contribution >= 4 is 10.0 Å². The van der Waals surface area contributed by atoms with Crippen LogP contribution in [0.15, 0.2) is 24.5 Å². The number of ether oxygens (including phenoxy) is 2. The molecule has 22 heavy (non-hydrogen) atoms. The molecule has 2 fully saturated rings. The van der Waals surface area contributed by atoms with Crippen LogP contribution in [0, 0.1) is 11.3 Å². The zero-order valence-electron chi connectivity index (χ0n) is 12.8. The summed E-state index contributed by atoms with van der Waals surface area (Å²) in [6, 6.07) is 3.85. The number of hydrogen-bond acceptors (Lipinski definition) is 5. The van der Waals surface area contributed by atoms with E-state index in [-0.39, 0.29) is 17.1 Å². The van der Waals surface area contributed by atoms with E-state index in [9.17, 15) is 8.42 Å². The quantitative estimate of drug-likeness (QED) is 0.777. The van der Waals surface area contributed by atoms with E-state index in [0.29, 0.717) is 39.5 Å². The molecule has 0 N–H and O–H groups in total. The minimum Gasteiger partial charge on any atom is -0.380 e. The normalized spacial score (nSPS) is 28.9. The van der Waals surface area contributed by atoms with Crippen molar-refractivity contribution in [2.75, 3.05) is 38.7 Å². The largest absolute Gasteiger partial charge is 0.380 e. The maximum absolute atomic E-state index is 12.1. The molecular formula is C15H22N2O4S. The highest BCUT2D eigenvalue weighted by Gasteiger charge is 2.53. The molecule has 2 saturated heterocycles. The van der Waals surface area contributed by atoms with Gasteiger partial charge >= 0.3 is 0 Å². The van der Waals surface area contributed by atoms with Gasteiger partial charge < -0.3 is 9.47 Å². The third-order valence-electron chi connectivity index (χ3n) is 4.63. The number of rotatable bonds is 6. The van der Waals surface area contributed by atoms with Gasteiger partial charge in [-0.05, 0) is 18.6 Å². The lowest BCUT2D eigenvalue weighted by molar-refractivity contribution is 0.0223. The van der Waals surface area contributed by atoms with Gasteiger partial charge in [0, 0.05) is 36.8 Å². The zero-order chi connectivity index (χ0) is 15.6. The lowest BCUT2D eigenvalue weighted by Gasteiger charge is -2.26. The monoisotopic (exact) mass is 326 g/mol. The molecule has 0 bridgehead atoms. The molecule has 1 aromatic heterocycles. The van der Waals surface area contributed by atoms with Crippen LogP contribution in [0.4, 0.5) is 0 Å². The molecule has 0 amide bonds. The predicted octanol–water partition coefficient (Wildman–Crippen LogP) is 0.896. The summed E-state index contributed by atoms with van der Waals surface area (Å²) in [5.41, 5.74) is 0.815. The third kappa shape index (κ3) is 3.03. The molecule has 0 spiro atoms. The van der Waals surface area contributed by atoms with Gasteiger partial charge in [-0.3, -0.25) is 4.98 Å². The van der Waals surface area contributed by atoms with Gasteiger partial charge in [-0.25, -0.2) is 12.7 Å². The van der Waals surface area contributed by atoms with Crippen LogP contribution in [0.2, 0.25) is 0 Å². The third-order valence-corrected chi connectivity index (χ3v) is 6.42. The molecule has 1 aromatic rings. The Balaban J connectivity index is 1.63. The summed E-state index contributed by atoms with van der Waals surface area (Å²) < 4.78 is 37.3. The Bertz CT molecular complexity index is 607. The highest BCUT2D eigenvalue weighted by atomic mass is 32.2. The van der Waals surface area contributed by atoms with E-state index in [1.165, 1.54) is 0 Å². The van der Waals surface area contributed by atoms with E-state index >= 15 is 0 Å². The summed E-state index contributed by atoms with van der Waals surface area (Å²) in [5.74, 6) is 0.371. The number of nitrogens with zero attached hydrogens (tertiary/aromatic N) is 2. The molecule has 0 unspecified atom stereocenters. The predicted molar refractivity (Wildman–Crippen MR) is 81.7 cm³/mol. The molecule has 3 rings (SSSR count). The number of pyridine rings is 1. The van der Waals surface area contributed by atoms with Crippen molar-refractivity contribution < 1.29 is 17.9 Å². The molecule has 122 valence electrons. The van der Waals surface area contributed by atoms with E-state index in [0.717, 1.165) is 5.56 Å². The van der Waals surface area contributed by atoms with Crippen molar-refractivity contribution in [1.29, 1.82) is 0 Å². The van der Waals surface area contributed by atoms with Gasteiger partial charge in [0.25, 0.3) is 0 Å². The van der Waals surface area contributed by atoms with Gasteiger partial charge in [0.1, 0.15) is 0 Å². The Kier molecular flexibility index (Phi) is 4.49. The van der Waals surface area contributed by atoms with E-state index < -0.39 is 10.0 Å². The standard InChI is InChI=1S/C15H22N2O4S/c1-2-22(18,19)17-7-14-9-21-12-15(14,10-17)11-20-8-13-4-3-5-16-6-13/h3-6,14H,2,7-12H2,1H3/t14-,15-/m1/s1. The van der Waals surface area contributed by atoms with Crippen LogP contribution in [0.1, 0.15) is 12.5 Å². The van der Waals surface area contributed by atoms with Crippen molar-refractivity contribution in [3.63, 3.8) is 0 Å². The Morgan fingerprint density at radius 1 is 1.55 bits per heavy atom. The van der Waals surface area contributed by atoms with Crippen LogP contribution in [-0.4, -0.2) is 56.4 Å². The fourth-order valence-electron chi connectivity index (χ4n) is 3.24. The van der Waals surface area contributed by atoms with E-state index in [2.05, 4.69) is 4.98 Å². The van der Waals surface area contributed by atoms with E-state index in [1.807, 2.05) is 12.1 Å². The van der Waals surface area contributed by atoms with Crippen LogP contribution in [-0.2, 0) is 26.1 Å². The Hall–Kier alpha value is -1.02. The first-order valence-electron chi connectivity index (χ1n) is 7.58. The summed E-state index contributed by atoms with van der Waals surface area (Å²) in [5, 5.41) is 0. The highest BCUT2D eigenvalue weighted by molar-refractivity contribution is 7.89. The topological polar surface area (TPSA) is 68.7 Å². The fourth-order valence-corrected chi connectivity index (χ4v) is 4.46. The summed E-state index contributed by atoms with van der Waals surface area (Å²) in [4.78, 5) is 4.06. The maximum atomic E-state index is 12.1. The van der Waals surface area contributed by atoms with E-state index in [4.69, 9.17) is 9.47 Å². The highest BCUT2D eigenvalue weighted by Crippen LogP contribution is 2.42. The molecule has 0 aromatic carbocycles. The van der Waals surface area contributed by atoms with Crippen LogP contribution in [0.3, 0.4) is 0 Å². The lowest BCUT2D eigenvalue weighted by atomic mass is 9.82. The number of sulfonamides is 1. The van der Waals surface area contributed by atoms with Crippen LogP contribution >= 0.6 is 0 Å². The second-order valence-corrected chi connectivity index (χ2v) is 8.38. The Labute approximate surface area is 131 Å². The maximum Gasteiger partial charge on any atom is 0.213 e. The molecule has 2 aliphatic rings. The SMILES string of the molecule is CCS(=O)(=O)N1C[C@@H]2COC[C@]2(COCc2cccnc2)C1. The van der Waals surface area contributed by atoms with Crippen molar-refractivity contribution in [3.8, 4) is 0 Å². The molecule has 0 saturated carbocycles. The summed E-state index contributed by atoms with van der Waals surface area (Å²) >= 11 is 0. The van der Waals surface area contributed by atoms with Crippen LogP contribution in [0.25, 0.3) is 0 Å². The molecule has 0 aliphatic carbocycles. The summed E-state index contributed by atoms with van der Waals surface area (Å²) in [6.07, 6.45) is 3.51. The second-order valence-electron chi connectivity index (χ2n) is 6.12. The van der Waals surface area contributed by atoms with Gasteiger partial charge in [-0.15, -0.1) is 0 Å². The summed E-state index contributed by atoms with van der Waals surface area (Å²) in [6.45, 7) is 4.93. The average molecular weight is 326 g/mol. The molecule has 0 radical (unpaired) electrons. The van der Waals surface area contributed by atoms with Gasteiger partial charge in [-0.2, -0.15) is 0 Å². The fraction of sp³-hybridized carbons (Fsp3) is 0.667. The molecular weight excluding hydrogens is 304 g/mol. The van der Waals surface area contributed by atoms with Gasteiger partial charge in [0.15, 0.2) is 0 Å². The first-order valence-corrected chi connectivity index (χ1v) is 9.19. The smallest absolute Gasteiger partial charge is 0.213 e. The van der Waals surface area contributed by atoms with Crippen molar-refractivity contribution in [1.82, 2.24) is 9.29 Å². The Morgan fingerprint density at radius 2 is 2.41 bits per heavy atom. The first-order chi connectivity index (χ1) is 10.6. The van der Waals surface area contributed by atoms with E-state index in [1.54, 1.807) is 23.6 Å². The summed E-state index contributed by atoms with van der Waals surface area (Å²) in [7, 11) is -3.14. The number of fused-ring (bicyclic) bond motifs is 1. The number of hydrogen-bond donors (Lipinski definition) is 0. The Morgan fingerprint density at radius 3 is 3.14 bits per heavy atom. The molecule has 2 aliphatic heterocycles. The molecule has 6 nitrogen and oxygen atoms in total. The average Bonchev–Trinajstić information content (AvgIpc) is 3.06. The minimum absolute atomic E-state index is 0.146. The molecule has 3 heterocycles.